The van der Waals surface area contributed by atoms with Crippen molar-refractivity contribution in [2.24, 2.45) is 5.92 Å². The number of rotatable bonds is 1. The van der Waals surface area contributed by atoms with Crippen LogP contribution in [0.4, 0.5) is 10.5 Å². The lowest BCUT2D eigenvalue weighted by molar-refractivity contribution is -0.124. The summed E-state index contributed by atoms with van der Waals surface area (Å²) in [5.41, 5.74) is 0.657. The van der Waals surface area contributed by atoms with Gasteiger partial charge in [0.15, 0.2) is 0 Å². The molecule has 1 aromatic carbocycles. The molecule has 3 amide bonds. The molecule has 0 radical (unpaired) electrons. The quantitative estimate of drug-likeness (QED) is 0.824. The van der Waals surface area contributed by atoms with Crippen molar-refractivity contribution in [2.45, 2.75) is 31.7 Å². The molecule has 4 nitrogen and oxygen atoms in total. The molecule has 94 valence electrons. The number of carbonyl (C=O) groups is 2. The summed E-state index contributed by atoms with van der Waals surface area (Å²) in [5.74, 6) is -0.0914. The first-order valence-corrected chi connectivity index (χ1v) is 6.47. The predicted molar refractivity (Wildman–Crippen MR) is 68.2 cm³/mol. The van der Waals surface area contributed by atoms with Crippen LogP contribution in [0.25, 0.3) is 0 Å². The summed E-state index contributed by atoms with van der Waals surface area (Å²) in [6.45, 7) is 0. The SMILES string of the molecule is O=C1N[C@@H]2CCCC[C@@H]2C(=O)N1c1ccccc1. The fourth-order valence-corrected chi connectivity index (χ4v) is 2.91. The van der Waals surface area contributed by atoms with Crippen LogP contribution in [0.5, 0.6) is 0 Å². The molecule has 0 unspecified atom stereocenters. The van der Waals surface area contributed by atoms with Crippen molar-refractivity contribution in [1.29, 1.82) is 0 Å². The van der Waals surface area contributed by atoms with Gasteiger partial charge in [-0.3, -0.25) is 4.79 Å². The second kappa shape index (κ2) is 4.44. The fourth-order valence-electron chi connectivity index (χ4n) is 2.91. The van der Waals surface area contributed by atoms with E-state index in [-0.39, 0.29) is 23.9 Å². The lowest BCUT2D eigenvalue weighted by Crippen LogP contribution is -2.61. The number of nitrogens with zero attached hydrogens (tertiary/aromatic N) is 1. The Kier molecular flexibility index (Phi) is 2.78. The second-order valence-corrected chi connectivity index (χ2v) is 4.96. The van der Waals surface area contributed by atoms with Gasteiger partial charge in [-0.05, 0) is 25.0 Å². The van der Waals surface area contributed by atoms with Crippen LogP contribution in [0.15, 0.2) is 30.3 Å². The number of carbonyl (C=O) groups excluding carboxylic acids is 2. The third-order valence-electron chi connectivity index (χ3n) is 3.83. The maximum atomic E-state index is 12.4. The van der Waals surface area contributed by atoms with Gasteiger partial charge in [-0.2, -0.15) is 0 Å². The third-order valence-corrected chi connectivity index (χ3v) is 3.83. The molecule has 1 aliphatic carbocycles. The van der Waals surface area contributed by atoms with Gasteiger partial charge in [-0.25, -0.2) is 9.69 Å². The summed E-state index contributed by atoms with van der Waals surface area (Å²) < 4.78 is 0. The van der Waals surface area contributed by atoms with Crippen LogP contribution in [-0.2, 0) is 4.79 Å². The van der Waals surface area contributed by atoms with Crippen LogP contribution in [-0.4, -0.2) is 18.0 Å². The number of para-hydroxylation sites is 1. The Hall–Kier alpha value is -1.84. The van der Waals surface area contributed by atoms with Gasteiger partial charge in [0.05, 0.1) is 11.6 Å². The fraction of sp³-hybridized carbons (Fsp3) is 0.429. The number of amides is 3. The van der Waals surface area contributed by atoms with Gasteiger partial charge in [0.1, 0.15) is 0 Å². The van der Waals surface area contributed by atoms with E-state index in [2.05, 4.69) is 5.32 Å². The summed E-state index contributed by atoms with van der Waals surface area (Å²) >= 11 is 0. The van der Waals surface area contributed by atoms with Crippen LogP contribution in [0, 0.1) is 5.92 Å². The molecule has 0 bridgehead atoms. The number of anilines is 1. The van der Waals surface area contributed by atoms with Gasteiger partial charge in [-0.1, -0.05) is 31.0 Å². The van der Waals surface area contributed by atoms with E-state index >= 15 is 0 Å². The van der Waals surface area contributed by atoms with Gasteiger partial charge >= 0.3 is 6.03 Å². The van der Waals surface area contributed by atoms with E-state index in [1.165, 1.54) is 4.90 Å². The Morgan fingerprint density at radius 2 is 1.78 bits per heavy atom. The second-order valence-electron chi connectivity index (χ2n) is 4.96. The summed E-state index contributed by atoms with van der Waals surface area (Å²) in [7, 11) is 0. The molecule has 18 heavy (non-hydrogen) atoms. The normalized spacial score (nSPS) is 27.7. The molecule has 4 heteroatoms. The molecule has 2 atom stereocenters. The van der Waals surface area contributed by atoms with Gasteiger partial charge in [0, 0.05) is 6.04 Å². The molecule has 2 aliphatic rings. The molecule has 1 aromatic rings. The van der Waals surface area contributed by atoms with Crippen molar-refractivity contribution < 1.29 is 9.59 Å². The first-order valence-electron chi connectivity index (χ1n) is 6.47. The maximum absolute atomic E-state index is 12.4. The third kappa shape index (κ3) is 1.78. The van der Waals surface area contributed by atoms with E-state index in [4.69, 9.17) is 0 Å². The van der Waals surface area contributed by atoms with E-state index in [0.29, 0.717) is 5.69 Å². The first-order chi connectivity index (χ1) is 8.77. The minimum atomic E-state index is -0.283. The van der Waals surface area contributed by atoms with Crippen LogP contribution in [0.2, 0.25) is 0 Å². The average molecular weight is 244 g/mol. The summed E-state index contributed by atoms with van der Waals surface area (Å²) in [6.07, 6.45) is 3.98. The molecular weight excluding hydrogens is 228 g/mol. The van der Waals surface area contributed by atoms with E-state index in [1.807, 2.05) is 18.2 Å². The highest BCUT2D eigenvalue weighted by atomic mass is 16.2. The topological polar surface area (TPSA) is 49.4 Å². The number of hydrogen-bond donors (Lipinski definition) is 1. The highest BCUT2D eigenvalue weighted by Crippen LogP contribution is 2.31. The molecule has 0 spiro atoms. The van der Waals surface area contributed by atoms with Crippen LogP contribution in [0.3, 0.4) is 0 Å². The molecule has 1 aliphatic heterocycles. The van der Waals surface area contributed by atoms with Gasteiger partial charge in [-0.15, -0.1) is 0 Å². The van der Waals surface area contributed by atoms with Crippen molar-refractivity contribution >= 4 is 17.6 Å². The van der Waals surface area contributed by atoms with Crippen molar-refractivity contribution in [3.05, 3.63) is 30.3 Å². The van der Waals surface area contributed by atoms with Crippen molar-refractivity contribution in [3.63, 3.8) is 0 Å². The highest BCUT2D eigenvalue weighted by Gasteiger charge is 2.42. The number of imide groups is 1. The number of nitrogens with one attached hydrogen (secondary N) is 1. The molecule has 1 saturated heterocycles. The molecule has 2 fully saturated rings. The summed E-state index contributed by atoms with van der Waals surface area (Å²) in [5, 5.41) is 2.96. The molecule has 0 aromatic heterocycles. The van der Waals surface area contributed by atoms with E-state index in [1.54, 1.807) is 12.1 Å². The first kappa shape index (κ1) is 11.3. The zero-order chi connectivity index (χ0) is 12.5. The number of urea groups is 1. The number of fused-ring (bicyclic) bond motifs is 1. The highest BCUT2D eigenvalue weighted by molar-refractivity contribution is 6.17. The Morgan fingerprint density at radius 3 is 2.56 bits per heavy atom. The molecule has 1 saturated carbocycles. The van der Waals surface area contributed by atoms with Crippen LogP contribution in [0.1, 0.15) is 25.7 Å². The van der Waals surface area contributed by atoms with Crippen LogP contribution >= 0.6 is 0 Å². The van der Waals surface area contributed by atoms with Crippen molar-refractivity contribution in [3.8, 4) is 0 Å². The standard InChI is InChI=1S/C14H16N2O2/c17-13-11-8-4-5-9-12(11)15-14(18)16(13)10-6-2-1-3-7-10/h1-3,6-7,11-12H,4-5,8-9H2,(H,15,18)/t11-,12+/m0/s1. The Labute approximate surface area is 106 Å². The molecule has 1 heterocycles. The lowest BCUT2D eigenvalue weighted by Gasteiger charge is -2.39. The molecular formula is C14H16N2O2. The largest absolute Gasteiger partial charge is 0.334 e. The van der Waals surface area contributed by atoms with E-state index < -0.39 is 0 Å². The van der Waals surface area contributed by atoms with Gasteiger partial charge in [0.25, 0.3) is 0 Å². The van der Waals surface area contributed by atoms with Crippen LogP contribution < -0.4 is 10.2 Å². The molecule has 3 rings (SSSR count). The Bertz CT molecular complexity index is 472. The monoisotopic (exact) mass is 244 g/mol. The van der Waals surface area contributed by atoms with Gasteiger partial charge in [0.2, 0.25) is 5.91 Å². The van der Waals surface area contributed by atoms with E-state index in [0.717, 1.165) is 25.7 Å². The summed E-state index contributed by atoms with van der Waals surface area (Å²) in [4.78, 5) is 25.8. The number of hydrogen-bond acceptors (Lipinski definition) is 2. The van der Waals surface area contributed by atoms with E-state index in [9.17, 15) is 9.59 Å². The van der Waals surface area contributed by atoms with Crippen molar-refractivity contribution in [2.75, 3.05) is 4.90 Å². The zero-order valence-electron chi connectivity index (χ0n) is 10.1. The Balaban J connectivity index is 1.91. The van der Waals surface area contributed by atoms with Crippen molar-refractivity contribution in [1.82, 2.24) is 5.32 Å². The minimum absolute atomic E-state index is 0.0405. The predicted octanol–water partition coefficient (Wildman–Crippen LogP) is 2.30. The minimum Gasteiger partial charge on any atom is -0.334 e. The summed E-state index contributed by atoms with van der Waals surface area (Å²) in [6, 6.07) is 8.89. The zero-order valence-corrected chi connectivity index (χ0v) is 10.1. The lowest BCUT2D eigenvalue weighted by atomic mass is 9.82. The number of benzene rings is 1. The van der Waals surface area contributed by atoms with Gasteiger partial charge < -0.3 is 5.32 Å². The molecule has 1 N–H and O–H groups in total. The average Bonchev–Trinajstić information content (AvgIpc) is 2.40. The maximum Gasteiger partial charge on any atom is 0.328 e. The smallest absolute Gasteiger partial charge is 0.328 e. The Morgan fingerprint density at radius 1 is 1.06 bits per heavy atom.